The topological polar surface area (TPSA) is 18.5 Å². The minimum atomic E-state index is -4.56. The summed E-state index contributed by atoms with van der Waals surface area (Å²) in [5.41, 5.74) is -0.593. The summed E-state index contributed by atoms with van der Waals surface area (Å²) in [5, 5.41) is 0. The molecule has 3 aromatic carbocycles. The first-order valence-electron chi connectivity index (χ1n) is 9.62. The van der Waals surface area contributed by atoms with Gasteiger partial charge in [0, 0.05) is 17.7 Å². The minimum Gasteiger partial charge on any atom is -0.429 e. The third kappa shape index (κ3) is 5.37. The predicted molar refractivity (Wildman–Crippen MR) is 103 cm³/mol. The van der Waals surface area contributed by atoms with Gasteiger partial charge < -0.3 is 9.47 Å². The van der Waals surface area contributed by atoms with Crippen molar-refractivity contribution >= 4 is 0 Å². The van der Waals surface area contributed by atoms with Gasteiger partial charge in [0.15, 0.2) is 29.0 Å². The molecule has 33 heavy (non-hydrogen) atoms. The van der Waals surface area contributed by atoms with Gasteiger partial charge >= 0.3 is 12.7 Å². The monoisotopic (exact) mass is 476 g/mol. The Morgan fingerprint density at radius 2 is 1.45 bits per heavy atom. The molecule has 0 bridgehead atoms. The van der Waals surface area contributed by atoms with Crippen molar-refractivity contribution in [1.29, 1.82) is 0 Å². The van der Waals surface area contributed by atoms with Gasteiger partial charge in [0.1, 0.15) is 11.3 Å². The first kappa shape index (κ1) is 24.3. The van der Waals surface area contributed by atoms with Crippen LogP contribution in [0.4, 0.5) is 35.1 Å². The largest absolute Gasteiger partial charge is 0.429 e. The summed E-state index contributed by atoms with van der Waals surface area (Å²) < 4.78 is 118. The third-order valence-electron chi connectivity index (χ3n) is 4.62. The van der Waals surface area contributed by atoms with Crippen LogP contribution in [0.1, 0.15) is 24.5 Å². The Morgan fingerprint density at radius 1 is 0.848 bits per heavy atom. The molecule has 3 rings (SSSR count). The number of alkyl halides is 4. The van der Waals surface area contributed by atoms with E-state index in [1.807, 2.05) is 6.92 Å². The smallest absolute Gasteiger partial charge is 0.429 e. The van der Waals surface area contributed by atoms with Crippen LogP contribution in [0, 0.1) is 23.3 Å². The van der Waals surface area contributed by atoms with E-state index in [9.17, 15) is 35.1 Å². The van der Waals surface area contributed by atoms with Crippen LogP contribution in [0.3, 0.4) is 0 Å². The molecule has 2 nitrogen and oxygen atoms in total. The second kappa shape index (κ2) is 9.68. The normalized spacial score (nSPS) is 11.7. The van der Waals surface area contributed by atoms with Crippen LogP contribution in [0.5, 0.6) is 11.5 Å². The number of ether oxygens (including phenoxy) is 2. The van der Waals surface area contributed by atoms with Crippen molar-refractivity contribution in [2.24, 2.45) is 0 Å². The third-order valence-corrected chi connectivity index (χ3v) is 4.62. The first-order chi connectivity index (χ1) is 15.5. The zero-order chi connectivity index (χ0) is 24.3. The Morgan fingerprint density at radius 3 is 2.00 bits per heavy atom. The fourth-order valence-corrected chi connectivity index (χ4v) is 3.14. The molecule has 0 amide bonds. The number of benzene rings is 3. The molecule has 0 aromatic heterocycles. The maximum absolute atomic E-state index is 14.6. The zero-order valence-corrected chi connectivity index (χ0v) is 17.0. The highest BCUT2D eigenvalue weighted by Gasteiger charge is 2.40. The molecule has 0 N–H and O–H groups in total. The van der Waals surface area contributed by atoms with Gasteiger partial charge in [0.2, 0.25) is 0 Å². The number of hydrogen-bond donors (Lipinski definition) is 0. The van der Waals surface area contributed by atoms with Gasteiger partial charge in [-0.25, -0.2) is 17.6 Å². The quantitative estimate of drug-likeness (QED) is 0.312. The fourth-order valence-electron chi connectivity index (χ4n) is 3.14. The molecule has 0 aliphatic heterocycles. The Hall–Kier alpha value is -3.30. The van der Waals surface area contributed by atoms with Crippen molar-refractivity contribution in [1.82, 2.24) is 0 Å². The molecule has 0 spiro atoms. The maximum Gasteiger partial charge on any atom is 0.429 e. The Balaban J connectivity index is 1.90. The van der Waals surface area contributed by atoms with E-state index in [1.165, 1.54) is 12.1 Å². The van der Waals surface area contributed by atoms with Crippen LogP contribution < -0.4 is 9.47 Å². The average molecular weight is 476 g/mol. The summed E-state index contributed by atoms with van der Waals surface area (Å²) in [4.78, 5) is 0. The lowest BCUT2D eigenvalue weighted by Crippen LogP contribution is -2.24. The zero-order valence-electron chi connectivity index (χ0n) is 17.0. The van der Waals surface area contributed by atoms with Crippen LogP contribution in [-0.2, 0) is 12.5 Å². The molecule has 0 heterocycles. The fraction of sp³-hybridized carbons (Fsp3) is 0.217. The maximum atomic E-state index is 14.6. The molecule has 0 atom stereocenters. The molecule has 0 fully saturated rings. The summed E-state index contributed by atoms with van der Waals surface area (Å²) in [5.74, 6) is -9.67. The van der Waals surface area contributed by atoms with Crippen molar-refractivity contribution in [2.75, 3.05) is 0 Å². The van der Waals surface area contributed by atoms with Gasteiger partial charge in [0.05, 0.1) is 0 Å². The lowest BCUT2D eigenvalue weighted by molar-refractivity contribution is -0.188. The van der Waals surface area contributed by atoms with Crippen molar-refractivity contribution in [2.45, 2.75) is 32.5 Å². The first-order valence-corrected chi connectivity index (χ1v) is 9.62. The van der Waals surface area contributed by atoms with Crippen molar-refractivity contribution < 1.29 is 44.6 Å². The number of rotatable bonds is 8. The van der Waals surface area contributed by atoms with Crippen molar-refractivity contribution in [3.63, 3.8) is 0 Å². The molecule has 176 valence electrons. The summed E-state index contributed by atoms with van der Waals surface area (Å²) in [6.07, 6.45) is -2.91. The molecule has 0 aliphatic carbocycles. The number of aryl methyl sites for hydroxylation is 1. The standard InChI is InChI=1S/C23H16F8O2/c1-2-3-12-4-6-13(7-5-12)15-8-9-16(20(27)19(15)26)23(30,31)33-14-10-17(24)21(18(25)11-14)32-22(28)29/h4-11,22H,2-3H2,1H3. The highest BCUT2D eigenvalue weighted by Crippen LogP contribution is 2.38. The van der Waals surface area contributed by atoms with Gasteiger partial charge in [-0.2, -0.15) is 17.6 Å². The molecule has 0 saturated heterocycles. The molecule has 0 radical (unpaired) electrons. The van der Waals surface area contributed by atoms with Gasteiger partial charge in [0.25, 0.3) is 0 Å². The van der Waals surface area contributed by atoms with E-state index >= 15 is 0 Å². The number of hydrogen-bond acceptors (Lipinski definition) is 2. The van der Waals surface area contributed by atoms with Crippen LogP contribution in [0.25, 0.3) is 11.1 Å². The molecule has 10 heteroatoms. The van der Waals surface area contributed by atoms with Crippen molar-refractivity contribution in [3.05, 3.63) is 82.9 Å². The minimum absolute atomic E-state index is 0.148. The van der Waals surface area contributed by atoms with E-state index in [2.05, 4.69) is 9.47 Å². The summed E-state index contributed by atoms with van der Waals surface area (Å²) >= 11 is 0. The SMILES string of the molecule is CCCc1ccc(-c2ccc(C(F)(F)Oc3cc(F)c(OC(F)F)c(F)c3)c(F)c2F)cc1. The summed E-state index contributed by atoms with van der Waals surface area (Å²) in [7, 11) is 0. The molecule has 3 aromatic rings. The molecular formula is C23H16F8O2. The van der Waals surface area contributed by atoms with E-state index in [4.69, 9.17) is 0 Å². The number of halogens is 8. The van der Waals surface area contributed by atoms with E-state index in [0.717, 1.165) is 24.5 Å². The second-order valence-electron chi connectivity index (χ2n) is 6.95. The lowest BCUT2D eigenvalue weighted by Gasteiger charge is -2.20. The van der Waals surface area contributed by atoms with E-state index < -0.39 is 53.1 Å². The molecule has 0 aliphatic rings. The summed E-state index contributed by atoms with van der Waals surface area (Å²) in [6, 6.07) is 8.23. The second-order valence-corrected chi connectivity index (χ2v) is 6.95. The van der Waals surface area contributed by atoms with Gasteiger partial charge in [-0.15, -0.1) is 0 Å². The molecule has 0 unspecified atom stereocenters. The summed E-state index contributed by atoms with van der Waals surface area (Å²) in [6.45, 7) is -1.60. The highest BCUT2D eigenvalue weighted by atomic mass is 19.3. The van der Waals surface area contributed by atoms with Gasteiger partial charge in [-0.3, -0.25) is 0 Å². The van der Waals surface area contributed by atoms with Crippen LogP contribution in [0.2, 0.25) is 0 Å². The Kier molecular flexibility index (Phi) is 7.14. The van der Waals surface area contributed by atoms with Crippen LogP contribution in [-0.4, -0.2) is 6.61 Å². The van der Waals surface area contributed by atoms with E-state index in [1.54, 1.807) is 12.1 Å². The molecular weight excluding hydrogens is 460 g/mol. The van der Waals surface area contributed by atoms with Crippen LogP contribution >= 0.6 is 0 Å². The van der Waals surface area contributed by atoms with E-state index in [0.29, 0.717) is 6.07 Å². The van der Waals surface area contributed by atoms with Crippen molar-refractivity contribution in [3.8, 4) is 22.6 Å². The van der Waals surface area contributed by atoms with Crippen LogP contribution in [0.15, 0.2) is 48.5 Å². The average Bonchev–Trinajstić information content (AvgIpc) is 2.73. The predicted octanol–water partition coefficient (Wildman–Crippen LogP) is 7.59. The van der Waals surface area contributed by atoms with E-state index in [-0.39, 0.29) is 23.3 Å². The lowest BCUT2D eigenvalue weighted by atomic mass is 10.00. The van der Waals surface area contributed by atoms with Gasteiger partial charge in [-0.1, -0.05) is 43.7 Å². The highest BCUT2D eigenvalue weighted by molar-refractivity contribution is 5.65. The Bertz CT molecular complexity index is 1110. The Labute approximate surface area is 183 Å². The molecule has 0 saturated carbocycles. The van der Waals surface area contributed by atoms with Gasteiger partial charge in [-0.05, 0) is 23.6 Å².